The second-order valence-corrected chi connectivity index (χ2v) is 11.0. The van der Waals surface area contributed by atoms with Crippen molar-refractivity contribution in [3.8, 4) is 5.75 Å². The molecule has 39 heavy (non-hydrogen) atoms. The number of unbranched alkanes of at least 4 members (excludes halogenated alkanes) is 7. The zero-order valence-electron chi connectivity index (χ0n) is 23.1. The first kappa shape index (κ1) is 31.4. The number of hydrogen-bond donors (Lipinski definition) is 0. The Hall–Kier alpha value is -2.15. The molecule has 0 radical (unpaired) electrons. The molecule has 0 bridgehead atoms. The topological polar surface area (TPSA) is 18.5 Å². The van der Waals surface area contributed by atoms with Crippen LogP contribution in [0.4, 0.5) is 22.0 Å². The molecule has 2 aromatic rings. The molecule has 0 amide bonds. The summed E-state index contributed by atoms with van der Waals surface area (Å²) < 4.78 is 74.1. The summed E-state index contributed by atoms with van der Waals surface area (Å²) in [6, 6.07) is 12.1. The molecule has 1 fully saturated rings. The van der Waals surface area contributed by atoms with Crippen LogP contribution in [0.2, 0.25) is 0 Å². The zero-order valence-corrected chi connectivity index (χ0v) is 23.1. The highest BCUT2D eigenvalue weighted by Gasteiger charge is 2.32. The molecule has 7 heteroatoms. The van der Waals surface area contributed by atoms with E-state index in [-0.39, 0.29) is 12.2 Å². The molecule has 218 valence electrons. The van der Waals surface area contributed by atoms with Gasteiger partial charge in [-0.2, -0.15) is 8.78 Å². The lowest BCUT2D eigenvalue weighted by Gasteiger charge is -2.29. The molecule has 0 N–H and O–H groups in total. The molecule has 2 aromatic carbocycles. The number of alkyl halides is 5. The SMILES string of the molecule is CCCCCCCCCCC1CCC(c2ccc(COC(F)(F)Cc3ccc(OC(F)(F)F)cc3)cc2)CC1. The normalized spacial score (nSPS) is 18.3. The maximum atomic E-state index is 14.3. The van der Waals surface area contributed by atoms with Crippen LogP contribution in [0.1, 0.15) is 113 Å². The molecule has 1 aliphatic rings. The van der Waals surface area contributed by atoms with E-state index in [4.69, 9.17) is 4.74 Å². The number of halogens is 5. The second kappa shape index (κ2) is 15.6. The monoisotopic (exact) mass is 554 g/mol. The largest absolute Gasteiger partial charge is 0.573 e. The van der Waals surface area contributed by atoms with E-state index in [0.29, 0.717) is 11.5 Å². The van der Waals surface area contributed by atoms with Gasteiger partial charge in [0.1, 0.15) is 5.75 Å². The fourth-order valence-corrected chi connectivity index (χ4v) is 5.52. The first-order valence-electron chi connectivity index (χ1n) is 14.6. The first-order valence-corrected chi connectivity index (χ1v) is 14.6. The van der Waals surface area contributed by atoms with Gasteiger partial charge >= 0.3 is 12.5 Å². The van der Waals surface area contributed by atoms with E-state index in [2.05, 4.69) is 11.7 Å². The smallest absolute Gasteiger partial charge is 0.406 e. The van der Waals surface area contributed by atoms with Crippen LogP contribution in [0.15, 0.2) is 48.5 Å². The Labute approximate surface area is 230 Å². The highest BCUT2D eigenvalue weighted by molar-refractivity contribution is 5.28. The van der Waals surface area contributed by atoms with Crippen LogP contribution in [-0.4, -0.2) is 12.5 Å². The van der Waals surface area contributed by atoms with E-state index >= 15 is 0 Å². The number of rotatable bonds is 16. The minimum Gasteiger partial charge on any atom is -0.406 e. The van der Waals surface area contributed by atoms with Crippen molar-refractivity contribution in [2.75, 3.05) is 0 Å². The quantitative estimate of drug-likeness (QED) is 0.152. The Morgan fingerprint density at radius 2 is 1.26 bits per heavy atom. The lowest BCUT2D eigenvalue weighted by Crippen LogP contribution is -2.24. The summed E-state index contributed by atoms with van der Waals surface area (Å²) in [7, 11) is 0. The van der Waals surface area contributed by atoms with E-state index in [9.17, 15) is 22.0 Å². The van der Waals surface area contributed by atoms with Crippen LogP contribution in [0.25, 0.3) is 0 Å². The molecular formula is C32H43F5O2. The van der Waals surface area contributed by atoms with Gasteiger partial charge in [0.05, 0.1) is 13.0 Å². The average molecular weight is 555 g/mol. The fourth-order valence-electron chi connectivity index (χ4n) is 5.52. The van der Waals surface area contributed by atoms with Gasteiger partial charge in [0.25, 0.3) is 0 Å². The van der Waals surface area contributed by atoms with Gasteiger partial charge in [-0.05, 0) is 66.3 Å². The molecule has 0 atom stereocenters. The van der Waals surface area contributed by atoms with Crippen molar-refractivity contribution in [3.63, 3.8) is 0 Å². The van der Waals surface area contributed by atoms with Gasteiger partial charge in [-0.25, -0.2) is 0 Å². The molecule has 0 spiro atoms. The number of benzene rings is 2. The predicted octanol–water partition coefficient (Wildman–Crippen LogP) is 10.7. The van der Waals surface area contributed by atoms with Crippen molar-refractivity contribution in [1.82, 2.24) is 0 Å². The van der Waals surface area contributed by atoms with Gasteiger partial charge in [-0.1, -0.05) is 101 Å². The van der Waals surface area contributed by atoms with Crippen molar-refractivity contribution in [1.29, 1.82) is 0 Å². The molecular weight excluding hydrogens is 511 g/mol. The minimum atomic E-state index is -4.82. The summed E-state index contributed by atoms with van der Waals surface area (Å²) in [5, 5.41) is 0. The fraction of sp³-hybridized carbons (Fsp3) is 0.625. The minimum absolute atomic E-state index is 0.155. The Bertz CT molecular complexity index is 933. The maximum absolute atomic E-state index is 14.3. The third-order valence-electron chi connectivity index (χ3n) is 7.78. The van der Waals surface area contributed by atoms with Crippen LogP contribution < -0.4 is 4.74 Å². The molecule has 0 saturated heterocycles. The van der Waals surface area contributed by atoms with Gasteiger partial charge in [-0.15, -0.1) is 13.2 Å². The van der Waals surface area contributed by atoms with E-state index < -0.39 is 24.6 Å². The molecule has 0 unspecified atom stereocenters. The van der Waals surface area contributed by atoms with E-state index in [1.165, 1.54) is 101 Å². The Morgan fingerprint density at radius 3 is 1.85 bits per heavy atom. The Kier molecular flexibility index (Phi) is 12.5. The van der Waals surface area contributed by atoms with Crippen molar-refractivity contribution in [2.24, 2.45) is 5.92 Å². The van der Waals surface area contributed by atoms with Crippen LogP contribution >= 0.6 is 0 Å². The summed E-state index contributed by atoms with van der Waals surface area (Å²) in [6.07, 6.45) is 8.12. The third kappa shape index (κ3) is 12.3. The van der Waals surface area contributed by atoms with Crippen LogP contribution in [0, 0.1) is 5.92 Å². The molecule has 1 aliphatic carbocycles. The standard InChI is InChI=1S/C32H43F5O2/c1-2-3-4-5-6-7-8-9-10-25-11-17-28(18-12-25)29-19-13-27(14-20-29)24-38-31(33,34)23-26-15-21-30(22-16-26)39-32(35,36)37/h13-16,19-22,25,28H,2-12,17-18,23-24H2,1H3. The number of hydrogen-bond acceptors (Lipinski definition) is 2. The zero-order chi connectivity index (χ0) is 28.1. The van der Waals surface area contributed by atoms with E-state index in [0.717, 1.165) is 18.1 Å². The molecule has 2 nitrogen and oxygen atoms in total. The summed E-state index contributed by atoms with van der Waals surface area (Å²) in [6.45, 7) is 2.01. The molecule has 0 aliphatic heterocycles. The van der Waals surface area contributed by atoms with Gasteiger partial charge in [-0.3, -0.25) is 0 Å². The van der Waals surface area contributed by atoms with Gasteiger partial charge in [0, 0.05) is 0 Å². The van der Waals surface area contributed by atoms with Crippen LogP contribution in [0.5, 0.6) is 5.75 Å². The summed E-state index contributed by atoms with van der Waals surface area (Å²) in [5.41, 5.74) is 2.08. The van der Waals surface area contributed by atoms with Crippen LogP contribution in [0.3, 0.4) is 0 Å². The third-order valence-corrected chi connectivity index (χ3v) is 7.78. The van der Waals surface area contributed by atoms with Crippen molar-refractivity contribution in [3.05, 3.63) is 65.2 Å². The Morgan fingerprint density at radius 1 is 0.692 bits per heavy atom. The average Bonchev–Trinajstić information content (AvgIpc) is 2.90. The van der Waals surface area contributed by atoms with Crippen molar-refractivity contribution < 1.29 is 31.4 Å². The second-order valence-electron chi connectivity index (χ2n) is 11.0. The number of ether oxygens (including phenoxy) is 2. The van der Waals surface area contributed by atoms with E-state index in [1.807, 2.05) is 24.3 Å². The Balaban J connectivity index is 1.34. The lowest BCUT2D eigenvalue weighted by molar-refractivity contribution is -0.274. The predicted molar refractivity (Wildman–Crippen MR) is 145 cm³/mol. The van der Waals surface area contributed by atoms with Crippen molar-refractivity contribution >= 4 is 0 Å². The van der Waals surface area contributed by atoms with Crippen molar-refractivity contribution in [2.45, 2.75) is 122 Å². The maximum Gasteiger partial charge on any atom is 0.573 e. The molecule has 3 rings (SSSR count). The first-order chi connectivity index (χ1) is 18.6. The lowest BCUT2D eigenvalue weighted by atomic mass is 9.77. The van der Waals surface area contributed by atoms with Gasteiger partial charge < -0.3 is 9.47 Å². The highest BCUT2D eigenvalue weighted by atomic mass is 19.4. The highest BCUT2D eigenvalue weighted by Crippen LogP contribution is 2.38. The molecule has 0 aromatic heterocycles. The summed E-state index contributed by atoms with van der Waals surface area (Å²) >= 11 is 0. The van der Waals surface area contributed by atoms with Gasteiger partial charge in [0.2, 0.25) is 0 Å². The molecule has 1 saturated carbocycles. The summed E-state index contributed by atoms with van der Waals surface area (Å²) in [4.78, 5) is 0. The summed E-state index contributed by atoms with van der Waals surface area (Å²) in [5.74, 6) is 0.915. The molecule has 0 heterocycles. The van der Waals surface area contributed by atoms with Gasteiger partial charge in [0.15, 0.2) is 0 Å². The van der Waals surface area contributed by atoms with Crippen LogP contribution in [-0.2, 0) is 17.8 Å². The van der Waals surface area contributed by atoms with E-state index in [1.54, 1.807) is 0 Å².